The van der Waals surface area contributed by atoms with E-state index in [9.17, 15) is 4.79 Å². The molecule has 0 bridgehead atoms. The summed E-state index contributed by atoms with van der Waals surface area (Å²) in [6.07, 6.45) is 7.46. The number of fused-ring (bicyclic) bond motifs is 1. The Kier molecular flexibility index (Phi) is 4.09. The Labute approximate surface area is 144 Å². The molecule has 2 aliphatic heterocycles. The van der Waals surface area contributed by atoms with Crippen molar-refractivity contribution < 1.29 is 4.79 Å². The molecule has 128 valence electrons. The van der Waals surface area contributed by atoms with Crippen LogP contribution in [0.1, 0.15) is 31.2 Å². The van der Waals surface area contributed by atoms with Crippen LogP contribution < -0.4 is 0 Å². The average Bonchev–Trinajstić information content (AvgIpc) is 3.28. The van der Waals surface area contributed by atoms with E-state index in [0.717, 1.165) is 24.9 Å². The van der Waals surface area contributed by atoms with Crippen molar-refractivity contribution in [1.29, 1.82) is 0 Å². The van der Waals surface area contributed by atoms with Gasteiger partial charge in [0.1, 0.15) is 0 Å². The summed E-state index contributed by atoms with van der Waals surface area (Å²) >= 11 is 0. The largest absolute Gasteiger partial charge is 0.350 e. The molecule has 0 unspecified atom stereocenters. The number of likely N-dealkylation sites (tertiary alicyclic amines) is 2. The maximum Gasteiger partial charge on any atom is 0.227 e. The molecular formula is C20H27N3O. The number of aryl methyl sites for hydroxylation is 1. The zero-order valence-corrected chi connectivity index (χ0v) is 14.7. The molecule has 4 heteroatoms. The van der Waals surface area contributed by atoms with Crippen LogP contribution in [0.4, 0.5) is 0 Å². The molecule has 2 fully saturated rings. The van der Waals surface area contributed by atoms with Crippen molar-refractivity contribution in [2.24, 2.45) is 7.05 Å². The van der Waals surface area contributed by atoms with Gasteiger partial charge < -0.3 is 14.4 Å². The van der Waals surface area contributed by atoms with Crippen LogP contribution in [0, 0.1) is 0 Å². The lowest BCUT2D eigenvalue weighted by Crippen LogP contribution is -2.47. The topological polar surface area (TPSA) is 28.5 Å². The van der Waals surface area contributed by atoms with E-state index in [1.165, 1.54) is 30.3 Å². The Morgan fingerprint density at radius 1 is 1.08 bits per heavy atom. The smallest absolute Gasteiger partial charge is 0.227 e. The lowest BCUT2D eigenvalue weighted by molar-refractivity contribution is -0.132. The van der Waals surface area contributed by atoms with E-state index in [0.29, 0.717) is 24.4 Å². The highest BCUT2D eigenvalue weighted by atomic mass is 16.2. The Balaban J connectivity index is 1.54. The van der Waals surface area contributed by atoms with Crippen LogP contribution in [0.25, 0.3) is 10.9 Å². The van der Waals surface area contributed by atoms with Gasteiger partial charge in [0.2, 0.25) is 5.91 Å². The second-order valence-corrected chi connectivity index (χ2v) is 7.45. The first kappa shape index (κ1) is 15.7. The second kappa shape index (κ2) is 6.25. The molecule has 3 heterocycles. The van der Waals surface area contributed by atoms with E-state index in [-0.39, 0.29) is 0 Å². The molecule has 0 N–H and O–H groups in total. The zero-order valence-electron chi connectivity index (χ0n) is 14.7. The Morgan fingerprint density at radius 2 is 1.83 bits per heavy atom. The Morgan fingerprint density at radius 3 is 2.62 bits per heavy atom. The van der Waals surface area contributed by atoms with Gasteiger partial charge in [-0.3, -0.25) is 4.79 Å². The molecule has 2 saturated heterocycles. The number of likely N-dealkylation sites (N-methyl/N-ethyl adjacent to an activating group) is 1. The number of para-hydroxylation sites is 1. The van der Waals surface area contributed by atoms with Gasteiger partial charge in [0.05, 0.1) is 6.42 Å². The highest BCUT2D eigenvalue weighted by molar-refractivity contribution is 5.89. The summed E-state index contributed by atoms with van der Waals surface area (Å²) in [7, 11) is 4.27. The zero-order chi connectivity index (χ0) is 16.7. The van der Waals surface area contributed by atoms with Crippen LogP contribution in [0.3, 0.4) is 0 Å². The predicted octanol–water partition coefficient (Wildman–Crippen LogP) is 2.81. The van der Waals surface area contributed by atoms with Gasteiger partial charge in [0.15, 0.2) is 0 Å². The summed E-state index contributed by atoms with van der Waals surface area (Å²) in [6.45, 7) is 2.10. The SMILES string of the molecule is CN1CCC[C@H]1[C@H]1CCCN1C(=O)Cc1cn(C)c2ccccc12. The lowest BCUT2D eigenvalue weighted by atomic mass is 10.0. The van der Waals surface area contributed by atoms with E-state index < -0.39 is 0 Å². The lowest BCUT2D eigenvalue weighted by Gasteiger charge is -2.33. The normalized spacial score (nSPS) is 25.0. The molecule has 0 radical (unpaired) electrons. The highest BCUT2D eigenvalue weighted by Gasteiger charge is 2.38. The third kappa shape index (κ3) is 2.63. The van der Waals surface area contributed by atoms with Gasteiger partial charge in [-0.1, -0.05) is 18.2 Å². The number of benzene rings is 1. The number of rotatable bonds is 3. The standard InChI is InChI=1S/C20H27N3O/c1-21-11-5-9-18(21)19-10-6-12-23(19)20(24)13-15-14-22(2)17-8-4-3-7-16(15)17/h3-4,7-8,14,18-19H,5-6,9-13H2,1-2H3/t18-,19+/m0/s1. The van der Waals surface area contributed by atoms with Crippen LogP contribution >= 0.6 is 0 Å². The van der Waals surface area contributed by atoms with Gasteiger partial charge in [-0.05, 0) is 50.9 Å². The van der Waals surface area contributed by atoms with E-state index in [2.05, 4.69) is 58.9 Å². The molecule has 2 atom stereocenters. The van der Waals surface area contributed by atoms with Crippen molar-refractivity contribution in [2.45, 2.75) is 44.2 Å². The van der Waals surface area contributed by atoms with Crippen molar-refractivity contribution in [3.05, 3.63) is 36.0 Å². The number of nitrogens with zero attached hydrogens (tertiary/aromatic N) is 3. The van der Waals surface area contributed by atoms with Gasteiger partial charge >= 0.3 is 0 Å². The predicted molar refractivity (Wildman–Crippen MR) is 97.0 cm³/mol. The molecule has 24 heavy (non-hydrogen) atoms. The first-order valence-corrected chi connectivity index (χ1v) is 9.18. The van der Waals surface area contributed by atoms with Crippen LogP contribution in [0.2, 0.25) is 0 Å². The molecule has 2 aromatic rings. The summed E-state index contributed by atoms with van der Waals surface area (Å²) in [5, 5.41) is 1.21. The van der Waals surface area contributed by atoms with Gasteiger partial charge in [0.25, 0.3) is 0 Å². The van der Waals surface area contributed by atoms with Crippen LogP contribution in [-0.2, 0) is 18.3 Å². The molecular weight excluding hydrogens is 298 g/mol. The minimum atomic E-state index is 0.300. The summed E-state index contributed by atoms with van der Waals surface area (Å²) < 4.78 is 2.13. The number of hydrogen-bond donors (Lipinski definition) is 0. The number of carbonyl (C=O) groups excluding carboxylic acids is 1. The Hall–Kier alpha value is -1.81. The highest BCUT2D eigenvalue weighted by Crippen LogP contribution is 2.30. The molecule has 4 nitrogen and oxygen atoms in total. The average molecular weight is 325 g/mol. The van der Waals surface area contributed by atoms with Crippen molar-refractivity contribution in [1.82, 2.24) is 14.4 Å². The fourth-order valence-corrected chi connectivity index (χ4v) is 4.76. The number of aromatic nitrogens is 1. The van der Waals surface area contributed by atoms with Crippen molar-refractivity contribution in [2.75, 3.05) is 20.1 Å². The van der Waals surface area contributed by atoms with Crippen LogP contribution in [0.5, 0.6) is 0 Å². The van der Waals surface area contributed by atoms with E-state index >= 15 is 0 Å². The number of carbonyl (C=O) groups is 1. The van der Waals surface area contributed by atoms with Gasteiger partial charge in [-0.15, -0.1) is 0 Å². The van der Waals surface area contributed by atoms with E-state index in [1.54, 1.807) is 0 Å². The van der Waals surface area contributed by atoms with Crippen molar-refractivity contribution in [3.63, 3.8) is 0 Å². The summed E-state index contributed by atoms with van der Waals surface area (Å²) in [5.74, 6) is 0.300. The fourth-order valence-electron chi connectivity index (χ4n) is 4.76. The maximum atomic E-state index is 13.0. The van der Waals surface area contributed by atoms with Crippen molar-refractivity contribution >= 4 is 16.8 Å². The minimum Gasteiger partial charge on any atom is -0.350 e. The third-order valence-electron chi connectivity index (χ3n) is 5.96. The molecule has 1 aromatic heterocycles. The molecule has 0 spiro atoms. The summed E-state index contributed by atoms with van der Waals surface area (Å²) in [6, 6.07) is 9.34. The monoisotopic (exact) mass is 325 g/mol. The van der Waals surface area contributed by atoms with E-state index in [4.69, 9.17) is 0 Å². The minimum absolute atomic E-state index is 0.300. The molecule has 2 aliphatic rings. The van der Waals surface area contributed by atoms with Gasteiger partial charge in [-0.25, -0.2) is 0 Å². The molecule has 1 amide bonds. The van der Waals surface area contributed by atoms with Crippen LogP contribution in [-0.4, -0.2) is 52.5 Å². The fraction of sp³-hybridized carbons (Fsp3) is 0.550. The maximum absolute atomic E-state index is 13.0. The summed E-state index contributed by atoms with van der Waals surface area (Å²) in [5.41, 5.74) is 2.36. The number of amides is 1. The molecule has 4 rings (SSSR count). The van der Waals surface area contributed by atoms with E-state index in [1.807, 2.05) is 0 Å². The first-order chi connectivity index (χ1) is 11.6. The molecule has 1 aromatic carbocycles. The van der Waals surface area contributed by atoms with Gasteiger partial charge in [-0.2, -0.15) is 0 Å². The molecule has 0 aliphatic carbocycles. The van der Waals surface area contributed by atoms with Crippen molar-refractivity contribution in [3.8, 4) is 0 Å². The molecule has 0 saturated carbocycles. The number of hydrogen-bond acceptors (Lipinski definition) is 2. The Bertz CT molecular complexity index is 750. The first-order valence-electron chi connectivity index (χ1n) is 9.18. The second-order valence-electron chi connectivity index (χ2n) is 7.45. The summed E-state index contributed by atoms with van der Waals surface area (Å²) in [4.78, 5) is 17.7. The van der Waals surface area contributed by atoms with Gasteiger partial charge in [0, 0.05) is 42.8 Å². The van der Waals surface area contributed by atoms with Crippen LogP contribution in [0.15, 0.2) is 30.5 Å². The third-order valence-corrected chi connectivity index (χ3v) is 5.96. The quantitative estimate of drug-likeness (QED) is 0.868.